The Bertz CT molecular complexity index is 330. The molecule has 2 rings (SSSR count). The molecule has 0 spiro atoms. The summed E-state index contributed by atoms with van der Waals surface area (Å²) >= 11 is 1.73. The van der Waals surface area contributed by atoms with Crippen LogP contribution in [0.5, 0.6) is 0 Å². The molecule has 0 radical (unpaired) electrons. The molecular weight excluding hydrogens is 228 g/mol. The van der Waals surface area contributed by atoms with Gasteiger partial charge in [-0.2, -0.15) is 0 Å². The zero-order valence-corrected chi connectivity index (χ0v) is 11.1. The van der Waals surface area contributed by atoms with Gasteiger partial charge in [-0.15, -0.1) is 0 Å². The molecular formula is C15H21OS+. The normalized spacial score (nSPS) is 22.0. The van der Waals surface area contributed by atoms with E-state index in [1.54, 1.807) is 11.4 Å². The molecule has 0 amide bonds. The van der Waals surface area contributed by atoms with Gasteiger partial charge >= 0.3 is 0 Å². The summed E-state index contributed by atoms with van der Waals surface area (Å²) in [5.74, 6) is 4.01. The Labute approximate surface area is 108 Å². The Morgan fingerprint density at radius 1 is 1.29 bits per heavy atom. The fourth-order valence-electron chi connectivity index (χ4n) is 2.37. The lowest BCUT2D eigenvalue weighted by Crippen LogP contribution is -2.25. The van der Waals surface area contributed by atoms with Crippen LogP contribution in [0.2, 0.25) is 0 Å². The van der Waals surface area contributed by atoms with Crippen molar-refractivity contribution in [3.63, 3.8) is 0 Å². The highest BCUT2D eigenvalue weighted by Crippen LogP contribution is 2.19. The first kappa shape index (κ1) is 12.7. The van der Waals surface area contributed by atoms with E-state index in [0.29, 0.717) is 11.4 Å². The van der Waals surface area contributed by atoms with E-state index in [4.69, 9.17) is 4.74 Å². The van der Waals surface area contributed by atoms with Crippen molar-refractivity contribution in [3.8, 4) is 0 Å². The Morgan fingerprint density at radius 3 is 2.76 bits per heavy atom. The van der Waals surface area contributed by atoms with E-state index in [1.807, 2.05) is 0 Å². The van der Waals surface area contributed by atoms with Crippen LogP contribution in [0.4, 0.5) is 0 Å². The quantitative estimate of drug-likeness (QED) is 0.575. The van der Waals surface area contributed by atoms with Crippen molar-refractivity contribution in [1.29, 1.82) is 0 Å². The standard InChI is InChI=1S/C15H21OS/c1-17-15(11-13-7-3-2-4-8-13)12-14-9-5-6-10-16-14/h2-4,7-8,14-15H,1,5-6,9-12H2/q+1. The second-order valence-electron chi connectivity index (χ2n) is 4.70. The van der Waals surface area contributed by atoms with Crippen LogP contribution < -0.4 is 0 Å². The van der Waals surface area contributed by atoms with E-state index in [0.717, 1.165) is 19.4 Å². The molecule has 1 aromatic rings. The summed E-state index contributed by atoms with van der Waals surface area (Å²) in [6.45, 7) is 0.949. The van der Waals surface area contributed by atoms with Crippen molar-refractivity contribution in [1.82, 2.24) is 0 Å². The highest BCUT2D eigenvalue weighted by molar-refractivity contribution is 7.76. The summed E-state index contributed by atoms with van der Waals surface area (Å²) in [6.07, 6.45) is 6.50. The van der Waals surface area contributed by atoms with Crippen LogP contribution in [0.25, 0.3) is 0 Å². The molecule has 1 nitrogen and oxygen atoms in total. The highest BCUT2D eigenvalue weighted by Gasteiger charge is 2.24. The largest absolute Gasteiger partial charge is 0.378 e. The van der Waals surface area contributed by atoms with E-state index >= 15 is 0 Å². The minimum atomic E-state index is 0.465. The predicted molar refractivity (Wildman–Crippen MR) is 76.6 cm³/mol. The molecule has 2 heteroatoms. The van der Waals surface area contributed by atoms with Crippen molar-refractivity contribution < 1.29 is 4.74 Å². The van der Waals surface area contributed by atoms with Crippen LogP contribution in [-0.2, 0) is 22.5 Å². The molecule has 0 aromatic heterocycles. The molecule has 92 valence electrons. The van der Waals surface area contributed by atoms with Crippen molar-refractivity contribution in [2.24, 2.45) is 0 Å². The third-order valence-corrected chi connectivity index (χ3v) is 4.17. The third-order valence-electron chi connectivity index (χ3n) is 3.34. The van der Waals surface area contributed by atoms with Gasteiger partial charge in [0, 0.05) is 19.4 Å². The maximum atomic E-state index is 5.81. The fraction of sp³-hybridized carbons (Fsp3) is 0.533. The van der Waals surface area contributed by atoms with Crippen LogP contribution in [0.15, 0.2) is 30.3 Å². The summed E-state index contributed by atoms with van der Waals surface area (Å²) in [5.41, 5.74) is 1.41. The SMILES string of the molecule is C=[S+]C(Cc1ccccc1)CC1CCCCO1. The monoisotopic (exact) mass is 249 g/mol. The van der Waals surface area contributed by atoms with Crippen molar-refractivity contribution in [2.75, 3.05) is 6.61 Å². The number of hydrogen-bond donors (Lipinski definition) is 0. The van der Waals surface area contributed by atoms with Gasteiger partial charge in [0.25, 0.3) is 0 Å². The Balaban J connectivity index is 1.86. The lowest BCUT2D eigenvalue weighted by atomic mass is 10.0. The van der Waals surface area contributed by atoms with Gasteiger partial charge in [-0.25, -0.2) is 0 Å². The number of benzene rings is 1. The lowest BCUT2D eigenvalue weighted by Gasteiger charge is -2.22. The predicted octanol–water partition coefficient (Wildman–Crippen LogP) is 3.07. The van der Waals surface area contributed by atoms with Crippen molar-refractivity contribution in [2.45, 2.75) is 43.5 Å². The molecule has 1 fully saturated rings. The molecule has 0 saturated carbocycles. The summed E-state index contributed by atoms with van der Waals surface area (Å²) < 4.78 is 5.81. The third kappa shape index (κ3) is 4.21. The Hall–Kier alpha value is -0.730. The van der Waals surface area contributed by atoms with Crippen LogP contribution >= 0.6 is 0 Å². The molecule has 1 saturated heterocycles. The van der Waals surface area contributed by atoms with Gasteiger partial charge < -0.3 is 4.74 Å². The summed E-state index contributed by atoms with van der Waals surface area (Å²) in [4.78, 5) is 0. The van der Waals surface area contributed by atoms with Gasteiger partial charge in [-0.3, -0.25) is 0 Å². The zero-order chi connectivity index (χ0) is 11.9. The van der Waals surface area contributed by atoms with E-state index in [2.05, 4.69) is 36.2 Å². The maximum absolute atomic E-state index is 5.81. The Morgan fingerprint density at radius 2 is 2.12 bits per heavy atom. The molecule has 2 atom stereocenters. The van der Waals surface area contributed by atoms with Gasteiger partial charge in [0.1, 0.15) is 0 Å². The minimum absolute atomic E-state index is 0.465. The minimum Gasteiger partial charge on any atom is -0.378 e. The van der Waals surface area contributed by atoms with Crippen LogP contribution in [0, 0.1) is 0 Å². The van der Waals surface area contributed by atoms with Crippen molar-refractivity contribution >= 4 is 17.2 Å². The van der Waals surface area contributed by atoms with Gasteiger partial charge in [0.15, 0.2) is 22.5 Å². The fourth-order valence-corrected chi connectivity index (χ4v) is 3.03. The molecule has 1 aliphatic heterocycles. The topological polar surface area (TPSA) is 9.23 Å². The van der Waals surface area contributed by atoms with Crippen LogP contribution in [0.1, 0.15) is 31.2 Å². The first-order valence-electron chi connectivity index (χ1n) is 6.45. The van der Waals surface area contributed by atoms with Gasteiger partial charge in [0.2, 0.25) is 0 Å². The van der Waals surface area contributed by atoms with Crippen LogP contribution in [-0.4, -0.2) is 23.8 Å². The molecule has 17 heavy (non-hydrogen) atoms. The maximum Gasteiger partial charge on any atom is 0.191 e. The van der Waals surface area contributed by atoms with Gasteiger partial charge in [-0.1, -0.05) is 30.3 Å². The first-order chi connectivity index (χ1) is 8.38. The number of rotatable bonds is 5. The second kappa shape index (κ2) is 6.87. The summed E-state index contributed by atoms with van der Waals surface area (Å²) in [6, 6.07) is 10.7. The molecule has 1 aliphatic rings. The molecule has 1 heterocycles. The van der Waals surface area contributed by atoms with E-state index in [9.17, 15) is 0 Å². The Kier molecular flexibility index (Phi) is 5.14. The second-order valence-corrected chi connectivity index (χ2v) is 5.70. The highest BCUT2D eigenvalue weighted by atomic mass is 32.1. The average molecular weight is 249 g/mol. The van der Waals surface area contributed by atoms with E-state index < -0.39 is 0 Å². The first-order valence-corrected chi connectivity index (χ1v) is 7.49. The molecule has 0 bridgehead atoms. The summed E-state index contributed by atoms with van der Waals surface area (Å²) in [5, 5.41) is 0.584. The lowest BCUT2D eigenvalue weighted by molar-refractivity contribution is 0.0112. The van der Waals surface area contributed by atoms with Gasteiger partial charge in [0.05, 0.1) is 6.10 Å². The molecule has 0 aliphatic carbocycles. The van der Waals surface area contributed by atoms with Crippen LogP contribution in [0.3, 0.4) is 0 Å². The van der Waals surface area contributed by atoms with E-state index in [1.165, 1.54) is 24.8 Å². The van der Waals surface area contributed by atoms with Crippen molar-refractivity contribution in [3.05, 3.63) is 35.9 Å². The molecule has 2 unspecified atom stereocenters. The smallest absolute Gasteiger partial charge is 0.191 e. The van der Waals surface area contributed by atoms with E-state index in [-0.39, 0.29) is 0 Å². The molecule has 1 aromatic carbocycles. The summed E-state index contributed by atoms with van der Waals surface area (Å²) in [7, 11) is 0. The molecule has 0 N–H and O–H groups in total. The number of ether oxygens (including phenoxy) is 1. The van der Waals surface area contributed by atoms with Gasteiger partial charge in [-0.05, 0) is 24.8 Å². The average Bonchev–Trinajstić information content (AvgIpc) is 2.40. The number of hydrogen-bond acceptors (Lipinski definition) is 1. The zero-order valence-electron chi connectivity index (χ0n) is 10.3.